The number of hydrogen-bond donors (Lipinski definition) is 1. The summed E-state index contributed by atoms with van der Waals surface area (Å²) in [6.45, 7) is 0.262. The van der Waals surface area contributed by atoms with Gasteiger partial charge >= 0.3 is 0 Å². The topological polar surface area (TPSA) is 110 Å². The SMILES string of the molecule is CN(C)c1cnc(S(=O)(=O)c2ccc(CNC(=O)c3ccc4nccn4c3)cc2)cn1. The van der Waals surface area contributed by atoms with Crippen LogP contribution in [0, 0.1) is 0 Å². The van der Waals surface area contributed by atoms with E-state index < -0.39 is 9.84 Å². The van der Waals surface area contributed by atoms with Crippen LogP contribution in [0.5, 0.6) is 0 Å². The second-order valence-corrected chi connectivity index (χ2v) is 8.94. The number of nitrogens with zero attached hydrogens (tertiary/aromatic N) is 5. The molecule has 31 heavy (non-hydrogen) atoms. The molecule has 0 unspecified atom stereocenters. The van der Waals surface area contributed by atoms with Crippen LogP contribution in [0.15, 0.2) is 77.3 Å². The highest BCUT2D eigenvalue weighted by Gasteiger charge is 2.20. The number of benzene rings is 1. The number of pyridine rings is 1. The second kappa shape index (κ2) is 8.15. The number of sulfone groups is 1. The van der Waals surface area contributed by atoms with E-state index in [2.05, 4.69) is 20.3 Å². The lowest BCUT2D eigenvalue weighted by Crippen LogP contribution is -2.23. The number of rotatable bonds is 6. The highest BCUT2D eigenvalue weighted by atomic mass is 32.2. The molecule has 0 aliphatic carbocycles. The van der Waals surface area contributed by atoms with Crippen LogP contribution in [0.1, 0.15) is 15.9 Å². The molecule has 0 bridgehead atoms. The van der Waals surface area contributed by atoms with Gasteiger partial charge in [0.15, 0.2) is 5.03 Å². The van der Waals surface area contributed by atoms with Crippen molar-refractivity contribution in [2.24, 2.45) is 0 Å². The predicted octanol–water partition coefficient (Wildman–Crippen LogP) is 1.95. The Bertz CT molecular complexity index is 1330. The maximum Gasteiger partial charge on any atom is 0.253 e. The Labute approximate surface area is 179 Å². The molecular formula is C21H20N6O3S. The number of nitrogens with one attached hydrogen (secondary N) is 1. The van der Waals surface area contributed by atoms with E-state index in [9.17, 15) is 13.2 Å². The predicted molar refractivity (Wildman–Crippen MR) is 115 cm³/mol. The Hall–Kier alpha value is -3.79. The van der Waals surface area contributed by atoms with Crippen molar-refractivity contribution in [3.8, 4) is 0 Å². The summed E-state index contributed by atoms with van der Waals surface area (Å²) < 4.78 is 27.3. The van der Waals surface area contributed by atoms with Gasteiger partial charge in [-0.15, -0.1) is 0 Å². The number of anilines is 1. The molecule has 3 heterocycles. The molecule has 0 saturated heterocycles. The van der Waals surface area contributed by atoms with Crippen LogP contribution in [-0.4, -0.2) is 47.8 Å². The van der Waals surface area contributed by atoms with Crippen LogP contribution < -0.4 is 10.2 Å². The van der Waals surface area contributed by atoms with E-state index in [1.807, 2.05) is 0 Å². The van der Waals surface area contributed by atoms with Crippen molar-refractivity contribution in [1.29, 1.82) is 0 Å². The number of aromatic nitrogens is 4. The van der Waals surface area contributed by atoms with Crippen molar-refractivity contribution in [2.75, 3.05) is 19.0 Å². The van der Waals surface area contributed by atoms with Gasteiger partial charge < -0.3 is 14.6 Å². The number of amides is 1. The largest absolute Gasteiger partial charge is 0.361 e. The molecular weight excluding hydrogens is 416 g/mol. The van der Waals surface area contributed by atoms with Gasteiger partial charge in [0.2, 0.25) is 9.84 Å². The summed E-state index contributed by atoms with van der Waals surface area (Å²) in [5.74, 6) is 0.334. The first-order valence-electron chi connectivity index (χ1n) is 9.39. The van der Waals surface area contributed by atoms with E-state index in [4.69, 9.17) is 0 Å². The van der Waals surface area contributed by atoms with Gasteiger partial charge in [-0.3, -0.25) is 4.79 Å². The monoisotopic (exact) mass is 436 g/mol. The zero-order valence-electron chi connectivity index (χ0n) is 16.9. The Morgan fingerprint density at radius 1 is 1.03 bits per heavy atom. The summed E-state index contributed by atoms with van der Waals surface area (Å²) in [4.78, 5) is 26.5. The summed E-state index contributed by atoms with van der Waals surface area (Å²) in [6, 6.07) is 9.78. The first kappa shape index (κ1) is 20.5. The molecule has 4 aromatic rings. The van der Waals surface area contributed by atoms with Crippen molar-refractivity contribution < 1.29 is 13.2 Å². The molecule has 158 valence electrons. The molecule has 3 aromatic heterocycles. The van der Waals surface area contributed by atoms with E-state index in [-0.39, 0.29) is 22.4 Å². The average Bonchev–Trinajstić information content (AvgIpc) is 3.25. The van der Waals surface area contributed by atoms with E-state index >= 15 is 0 Å². The van der Waals surface area contributed by atoms with Crippen molar-refractivity contribution >= 4 is 27.2 Å². The van der Waals surface area contributed by atoms with Crippen LogP contribution >= 0.6 is 0 Å². The fourth-order valence-electron chi connectivity index (χ4n) is 2.93. The molecule has 0 aliphatic rings. The quantitative estimate of drug-likeness (QED) is 0.492. The zero-order valence-corrected chi connectivity index (χ0v) is 17.7. The van der Waals surface area contributed by atoms with Crippen LogP contribution in [-0.2, 0) is 16.4 Å². The maximum absolute atomic E-state index is 12.8. The third-order valence-electron chi connectivity index (χ3n) is 4.69. The lowest BCUT2D eigenvalue weighted by Gasteiger charge is -2.11. The summed E-state index contributed by atoms with van der Waals surface area (Å²) in [5, 5.41) is 2.71. The smallest absolute Gasteiger partial charge is 0.253 e. The first-order chi connectivity index (χ1) is 14.8. The fraction of sp³-hybridized carbons (Fsp3) is 0.143. The number of carbonyl (C=O) groups excluding carboxylic acids is 1. The second-order valence-electron chi connectivity index (χ2n) is 7.05. The van der Waals surface area contributed by atoms with Gasteiger partial charge in [0.1, 0.15) is 11.5 Å². The molecule has 4 rings (SSSR count). The molecule has 1 amide bonds. The molecule has 0 saturated carbocycles. The van der Waals surface area contributed by atoms with E-state index in [1.54, 1.807) is 66.3 Å². The van der Waals surface area contributed by atoms with Crippen LogP contribution in [0.2, 0.25) is 0 Å². The van der Waals surface area contributed by atoms with Gasteiger partial charge in [-0.2, -0.15) is 0 Å². The lowest BCUT2D eigenvalue weighted by molar-refractivity contribution is 0.0950. The maximum atomic E-state index is 12.8. The summed E-state index contributed by atoms with van der Waals surface area (Å²) in [7, 11) is -0.181. The fourth-order valence-corrected chi connectivity index (χ4v) is 4.04. The molecule has 1 aromatic carbocycles. The molecule has 0 fully saturated rings. The van der Waals surface area contributed by atoms with Crippen LogP contribution in [0.3, 0.4) is 0 Å². The Morgan fingerprint density at radius 3 is 2.48 bits per heavy atom. The molecule has 0 aliphatic heterocycles. The van der Waals surface area contributed by atoms with Crippen LogP contribution in [0.4, 0.5) is 5.82 Å². The Balaban J connectivity index is 1.44. The average molecular weight is 436 g/mol. The third kappa shape index (κ3) is 4.24. The number of fused-ring (bicyclic) bond motifs is 1. The van der Waals surface area contributed by atoms with Gasteiger partial charge in [0.25, 0.3) is 5.91 Å². The van der Waals surface area contributed by atoms with Gasteiger partial charge in [-0.05, 0) is 29.8 Å². The van der Waals surface area contributed by atoms with Gasteiger partial charge in [-0.25, -0.2) is 23.4 Å². The Morgan fingerprint density at radius 2 is 1.81 bits per heavy atom. The minimum atomic E-state index is -3.78. The number of imidazole rings is 1. The molecule has 0 spiro atoms. The van der Waals surface area contributed by atoms with Crippen molar-refractivity contribution in [3.05, 3.63) is 78.5 Å². The van der Waals surface area contributed by atoms with Crippen LogP contribution in [0.25, 0.3) is 5.65 Å². The minimum absolute atomic E-state index is 0.111. The first-order valence-corrected chi connectivity index (χ1v) is 10.9. The van der Waals surface area contributed by atoms with Gasteiger partial charge in [0, 0.05) is 39.2 Å². The normalized spacial score (nSPS) is 11.4. The zero-order chi connectivity index (χ0) is 22.0. The molecule has 0 atom stereocenters. The number of carbonyl (C=O) groups is 1. The Kier molecular flexibility index (Phi) is 5.38. The lowest BCUT2D eigenvalue weighted by atomic mass is 10.2. The molecule has 1 N–H and O–H groups in total. The van der Waals surface area contributed by atoms with Gasteiger partial charge in [0.05, 0.1) is 22.9 Å². The summed E-state index contributed by atoms with van der Waals surface area (Å²) in [5.41, 5.74) is 2.03. The molecule has 0 radical (unpaired) electrons. The van der Waals surface area contributed by atoms with E-state index in [0.717, 1.165) is 11.2 Å². The third-order valence-corrected chi connectivity index (χ3v) is 6.34. The number of hydrogen-bond acceptors (Lipinski definition) is 7. The molecule has 9 nitrogen and oxygen atoms in total. The van der Waals surface area contributed by atoms with E-state index in [1.165, 1.54) is 24.5 Å². The van der Waals surface area contributed by atoms with Gasteiger partial charge in [-0.1, -0.05) is 12.1 Å². The standard InChI is InChI=1S/C21H20N6O3S/c1-26(2)19-12-24-20(13-23-19)31(29,30)17-6-3-15(4-7-17)11-25-21(28)16-5-8-18-22-9-10-27(18)14-16/h3-10,12-14H,11H2,1-2H3,(H,25,28). The van der Waals surface area contributed by atoms with Crippen molar-refractivity contribution in [3.63, 3.8) is 0 Å². The summed E-state index contributed by atoms with van der Waals surface area (Å²) >= 11 is 0. The minimum Gasteiger partial charge on any atom is -0.361 e. The highest BCUT2D eigenvalue weighted by Crippen LogP contribution is 2.20. The summed E-state index contributed by atoms with van der Waals surface area (Å²) in [6.07, 6.45) is 7.79. The molecule has 10 heteroatoms. The van der Waals surface area contributed by atoms with Crippen molar-refractivity contribution in [2.45, 2.75) is 16.5 Å². The highest BCUT2D eigenvalue weighted by molar-refractivity contribution is 7.91. The van der Waals surface area contributed by atoms with E-state index in [0.29, 0.717) is 11.4 Å². The van der Waals surface area contributed by atoms with Crippen molar-refractivity contribution in [1.82, 2.24) is 24.7 Å².